The van der Waals surface area contributed by atoms with Crippen molar-refractivity contribution in [1.82, 2.24) is 9.88 Å². The third-order valence-corrected chi connectivity index (χ3v) is 5.48. The van der Waals surface area contributed by atoms with Gasteiger partial charge in [-0.2, -0.15) is 0 Å². The molecule has 2 amide bonds. The number of aromatic nitrogens is 1. The van der Waals surface area contributed by atoms with Gasteiger partial charge in [0.2, 0.25) is 0 Å². The molecular formula is C17H21ClN4OS. The summed E-state index contributed by atoms with van der Waals surface area (Å²) in [7, 11) is 0. The van der Waals surface area contributed by atoms with Crippen LogP contribution in [0.3, 0.4) is 0 Å². The molecule has 5 nitrogen and oxygen atoms in total. The Morgan fingerprint density at radius 1 is 1.38 bits per heavy atom. The maximum atomic E-state index is 12.5. The maximum absolute atomic E-state index is 12.5. The second-order valence-electron chi connectivity index (χ2n) is 6.13. The number of hydrogen-bond acceptors (Lipinski definition) is 4. The van der Waals surface area contributed by atoms with Gasteiger partial charge >= 0.3 is 6.03 Å². The number of anilines is 2. The molecule has 0 spiro atoms. The van der Waals surface area contributed by atoms with Crippen LogP contribution in [0.4, 0.5) is 15.6 Å². The molecule has 1 aromatic heterocycles. The molecule has 1 aliphatic heterocycles. The first-order chi connectivity index (χ1) is 11.4. The zero-order chi connectivity index (χ0) is 17.3. The number of aryl methyl sites for hydroxylation is 2. The van der Waals surface area contributed by atoms with Gasteiger partial charge in [-0.05, 0) is 38.5 Å². The third kappa shape index (κ3) is 3.65. The van der Waals surface area contributed by atoms with Crippen molar-refractivity contribution in [3.8, 4) is 0 Å². The third-order valence-electron chi connectivity index (χ3n) is 4.24. The molecule has 2 aromatic rings. The number of carbonyl (C=O) groups is 1. The molecule has 1 fully saturated rings. The summed E-state index contributed by atoms with van der Waals surface area (Å²) in [4.78, 5) is 21.9. The summed E-state index contributed by atoms with van der Waals surface area (Å²) < 4.78 is 0. The Balaban J connectivity index is 1.64. The van der Waals surface area contributed by atoms with E-state index in [0.717, 1.165) is 34.2 Å². The zero-order valence-electron chi connectivity index (χ0n) is 14.0. The van der Waals surface area contributed by atoms with E-state index in [4.69, 9.17) is 11.6 Å². The molecule has 0 radical (unpaired) electrons. The first-order valence-electron chi connectivity index (χ1n) is 7.95. The Bertz CT molecular complexity index is 748. The summed E-state index contributed by atoms with van der Waals surface area (Å²) in [6, 6.07) is 6.14. The largest absolute Gasteiger partial charge is 0.368 e. The van der Waals surface area contributed by atoms with Crippen molar-refractivity contribution < 1.29 is 4.79 Å². The van der Waals surface area contributed by atoms with Crippen molar-refractivity contribution in [2.24, 2.45) is 0 Å². The molecule has 0 bridgehead atoms. The Morgan fingerprint density at radius 3 is 2.79 bits per heavy atom. The lowest BCUT2D eigenvalue weighted by molar-refractivity contribution is 0.185. The van der Waals surface area contributed by atoms with E-state index in [-0.39, 0.29) is 12.1 Å². The Hall–Kier alpha value is -1.79. The van der Waals surface area contributed by atoms with Crippen LogP contribution in [0.15, 0.2) is 24.4 Å². The second kappa shape index (κ2) is 6.99. The minimum Gasteiger partial charge on any atom is -0.368 e. The number of halogens is 1. The highest BCUT2D eigenvalue weighted by Crippen LogP contribution is 2.25. The quantitative estimate of drug-likeness (QED) is 0.870. The Labute approximate surface area is 151 Å². The van der Waals surface area contributed by atoms with Gasteiger partial charge in [0.15, 0.2) is 5.13 Å². The van der Waals surface area contributed by atoms with Crippen LogP contribution in [-0.2, 0) is 0 Å². The molecule has 0 saturated carbocycles. The summed E-state index contributed by atoms with van der Waals surface area (Å²) in [6.07, 6.45) is 1.77. The van der Waals surface area contributed by atoms with E-state index in [1.807, 2.05) is 30.9 Å². The van der Waals surface area contributed by atoms with E-state index >= 15 is 0 Å². The Kier molecular flexibility index (Phi) is 4.96. The molecule has 2 heterocycles. The van der Waals surface area contributed by atoms with E-state index in [0.29, 0.717) is 11.7 Å². The summed E-state index contributed by atoms with van der Waals surface area (Å²) in [6.45, 7) is 8.27. The van der Waals surface area contributed by atoms with Crippen molar-refractivity contribution in [2.75, 3.05) is 29.9 Å². The fraction of sp³-hybridized carbons (Fsp3) is 0.412. The average Bonchev–Trinajstić information content (AvgIpc) is 2.94. The van der Waals surface area contributed by atoms with Crippen LogP contribution in [-0.4, -0.2) is 41.6 Å². The highest BCUT2D eigenvalue weighted by atomic mass is 35.5. The van der Waals surface area contributed by atoms with Crippen molar-refractivity contribution in [3.05, 3.63) is 39.9 Å². The number of hydrogen-bond donors (Lipinski definition) is 1. The predicted molar refractivity (Wildman–Crippen MR) is 100 cm³/mol. The molecule has 1 unspecified atom stereocenters. The second-order valence-corrected chi connectivity index (χ2v) is 7.77. The van der Waals surface area contributed by atoms with E-state index < -0.39 is 0 Å². The van der Waals surface area contributed by atoms with Crippen LogP contribution >= 0.6 is 22.9 Å². The van der Waals surface area contributed by atoms with Crippen molar-refractivity contribution >= 4 is 39.8 Å². The number of urea groups is 1. The number of benzene rings is 1. The standard InChI is InChI=1S/C17H21ClN4OS/c1-11-4-5-14(8-15(11)18)21-6-7-22(12(2)10-21)17(23)20-16-19-9-13(3)24-16/h4-5,8-9,12H,6-7,10H2,1-3H3,(H,19,20,23). The van der Waals surface area contributed by atoms with Crippen LogP contribution in [0.25, 0.3) is 0 Å². The predicted octanol–water partition coefficient (Wildman–Crippen LogP) is 4.16. The van der Waals surface area contributed by atoms with Gasteiger partial charge in [0, 0.05) is 47.5 Å². The minimum absolute atomic E-state index is 0.0848. The van der Waals surface area contributed by atoms with E-state index in [2.05, 4.69) is 28.2 Å². The molecule has 3 rings (SSSR count). The van der Waals surface area contributed by atoms with E-state index in [1.54, 1.807) is 6.20 Å². The molecule has 1 aliphatic rings. The maximum Gasteiger partial charge on any atom is 0.324 e. The SMILES string of the molecule is Cc1cnc(NC(=O)N2CCN(c3ccc(C)c(Cl)c3)CC2C)s1. The highest BCUT2D eigenvalue weighted by molar-refractivity contribution is 7.15. The van der Waals surface area contributed by atoms with Gasteiger partial charge in [-0.1, -0.05) is 17.7 Å². The summed E-state index contributed by atoms with van der Waals surface area (Å²) >= 11 is 7.72. The number of thiazole rings is 1. The monoisotopic (exact) mass is 364 g/mol. The molecule has 24 heavy (non-hydrogen) atoms. The molecule has 1 aromatic carbocycles. The first-order valence-corrected chi connectivity index (χ1v) is 9.14. The van der Waals surface area contributed by atoms with E-state index in [1.165, 1.54) is 11.3 Å². The minimum atomic E-state index is -0.0848. The fourth-order valence-corrected chi connectivity index (χ4v) is 3.68. The number of carbonyl (C=O) groups excluding carboxylic acids is 1. The highest BCUT2D eigenvalue weighted by Gasteiger charge is 2.28. The van der Waals surface area contributed by atoms with Gasteiger partial charge in [-0.15, -0.1) is 11.3 Å². The normalized spacial score (nSPS) is 17.9. The molecule has 1 N–H and O–H groups in total. The van der Waals surface area contributed by atoms with Crippen molar-refractivity contribution in [3.63, 3.8) is 0 Å². The van der Waals surface area contributed by atoms with Gasteiger partial charge in [-0.25, -0.2) is 9.78 Å². The van der Waals surface area contributed by atoms with Crippen LogP contribution in [0.2, 0.25) is 5.02 Å². The number of nitrogens with one attached hydrogen (secondary N) is 1. The van der Waals surface area contributed by atoms with Crippen LogP contribution in [0.5, 0.6) is 0 Å². The number of nitrogens with zero attached hydrogens (tertiary/aromatic N) is 3. The molecule has 0 aliphatic carbocycles. The van der Waals surface area contributed by atoms with Crippen molar-refractivity contribution in [1.29, 1.82) is 0 Å². The molecule has 1 saturated heterocycles. The molecule has 7 heteroatoms. The fourth-order valence-electron chi connectivity index (χ4n) is 2.85. The number of rotatable bonds is 2. The lowest BCUT2D eigenvalue weighted by atomic mass is 10.1. The lowest BCUT2D eigenvalue weighted by Crippen LogP contribution is -2.55. The molecule has 128 valence electrons. The van der Waals surface area contributed by atoms with Gasteiger partial charge < -0.3 is 9.80 Å². The summed E-state index contributed by atoms with van der Waals surface area (Å²) in [5.41, 5.74) is 2.18. The van der Waals surface area contributed by atoms with Crippen LogP contribution in [0, 0.1) is 13.8 Å². The Morgan fingerprint density at radius 2 is 2.17 bits per heavy atom. The lowest BCUT2D eigenvalue weighted by Gasteiger charge is -2.40. The number of amides is 2. The zero-order valence-corrected chi connectivity index (χ0v) is 15.6. The van der Waals surface area contributed by atoms with Gasteiger partial charge in [0.25, 0.3) is 0 Å². The summed E-state index contributed by atoms with van der Waals surface area (Å²) in [5, 5.41) is 4.32. The molecule has 1 atom stereocenters. The van der Waals surface area contributed by atoms with E-state index in [9.17, 15) is 4.79 Å². The van der Waals surface area contributed by atoms with Gasteiger partial charge in [0.1, 0.15) is 0 Å². The van der Waals surface area contributed by atoms with Gasteiger partial charge in [0.05, 0.1) is 0 Å². The average molecular weight is 365 g/mol. The first kappa shape index (κ1) is 17.0. The summed E-state index contributed by atoms with van der Waals surface area (Å²) in [5.74, 6) is 0. The number of piperazine rings is 1. The van der Waals surface area contributed by atoms with Crippen molar-refractivity contribution in [2.45, 2.75) is 26.8 Å². The topological polar surface area (TPSA) is 48.5 Å². The van der Waals surface area contributed by atoms with Crippen LogP contribution < -0.4 is 10.2 Å². The van der Waals surface area contributed by atoms with Crippen LogP contribution in [0.1, 0.15) is 17.4 Å². The van der Waals surface area contributed by atoms with Gasteiger partial charge in [-0.3, -0.25) is 5.32 Å². The smallest absolute Gasteiger partial charge is 0.324 e. The molecular weight excluding hydrogens is 344 g/mol.